The van der Waals surface area contributed by atoms with Crippen LogP contribution in [0.5, 0.6) is 11.5 Å². The number of nitrogens with zero attached hydrogens (tertiary/aromatic N) is 1. The van der Waals surface area contributed by atoms with Gasteiger partial charge in [-0.1, -0.05) is 36.4 Å². The van der Waals surface area contributed by atoms with Gasteiger partial charge in [0.25, 0.3) is 0 Å². The molecular weight excluding hydrogens is 394 g/mol. The van der Waals surface area contributed by atoms with Gasteiger partial charge in [-0.15, -0.1) is 0 Å². The van der Waals surface area contributed by atoms with E-state index in [1.165, 1.54) is 0 Å². The molecule has 160 valence electrons. The highest BCUT2D eigenvalue weighted by molar-refractivity contribution is 6.02. The standard InChI is InChI=1S/C24H25N3O4/c1-30-21-12-17-10-11-27(15-18(17)13-22(21)31-2)23(28)14-25-24(29)26-20-9-5-7-16-6-3-4-8-19(16)20/h3-9,12-13H,10-11,14-15H2,1-2H3,(H2,25,26,29). The lowest BCUT2D eigenvalue weighted by molar-refractivity contribution is -0.130. The normalized spacial score (nSPS) is 12.8. The number of rotatable bonds is 5. The number of methoxy groups -OCH3 is 2. The van der Waals surface area contributed by atoms with Gasteiger partial charge in [0.2, 0.25) is 5.91 Å². The summed E-state index contributed by atoms with van der Waals surface area (Å²) in [6, 6.07) is 17.0. The zero-order chi connectivity index (χ0) is 21.8. The number of urea groups is 1. The second-order valence-corrected chi connectivity index (χ2v) is 7.38. The predicted molar refractivity (Wildman–Crippen MR) is 120 cm³/mol. The van der Waals surface area contributed by atoms with Crippen LogP contribution in [0.15, 0.2) is 54.6 Å². The summed E-state index contributed by atoms with van der Waals surface area (Å²) in [5, 5.41) is 7.49. The average Bonchev–Trinajstić information content (AvgIpc) is 2.81. The average molecular weight is 419 g/mol. The first-order chi connectivity index (χ1) is 15.1. The summed E-state index contributed by atoms with van der Waals surface area (Å²) in [5.41, 5.74) is 2.87. The molecule has 0 saturated carbocycles. The summed E-state index contributed by atoms with van der Waals surface area (Å²) in [4.78, 5) is 26.8. The Balaban J connectivity index is 1.36. The van der Waals surface area contributed by atoms with E-state index in [0.717, 1.165) is 28.3 Å². The van der Waals surface area contributed by atoms with Crippen LogP contribution < -0.4 is 20.1 Å². The van der Waals surface area contributed by atoms with Crippen LogP contribution >= 0.6 is 0 Å². The largest absolute Gasteiger partial charge is 0.493 e. The molecule has 0 aliphatic carbocycles. The third kappa shape index (κ3) is 4.40. The maximum Gasteiger partial charge on any atom is 0.319 e. The molecule has 1 heterocycles. The van der Waals surface area contributed by atoms with Crippen LogP contribution in [0.1, 0.15) is 11.1 Å². The van der Waals surface area contributed by atoms with E-state index in [-0.39, 0.29) is 12.5 Å². The van der Waals surface area contributed by atoms with Gasteiger partial charge in [0.05, 0.1) is 26.5 Å². The number of benzene rings is 3. The van der Waals surface area contributed by atoms with Gasteiger partial charge in [-0.3, -0.25) is 4.79 Å². The van der Waals surface area contributed by atoms with E-state index < -0.39 is 6.03 Å². The molecule has 0 saturated heterocycles. The van der Waals surface area contributed by atoms with Crippen molar-refractivity contribution in [3.8, 4) is 11.5 Å². The maximum atomic E-state index is 12.7. The molecule has 7 nitrogen and oxygen atoms in total. The van der Waals surface area contributed by atoms with Crippen molar-refractivity contribution in [2.24, 2.45) is 0 Å². The fraction of sp³-hybridized carbons (Fsp3) is 0.250. The van der Waals surface area contributed by atoms with Gasteiger partial charge in [-0.25, -0.2) is 4.79 Å². The minimum atomic E-state index is -0.409. The van der Waals surface area contributed by atoms with E-state index in [4.69, 9.17) is 9.47 Å². The number of amides is 3. The topological polar surface area (TPSA) is 79.9 Å². The number of carbonyl (C=O) groups excluding carboxylic acids is 2. The van der Waals surface area contributed by atoms with E-state index in [9.17, 15) is 9.59 Å². The Morgan fingerprint density at radius 1 is 0.968 bits per heavy atom. The fourth-order valence-corrected chi connectivity index (χ4v) is 3.86. The summed E-state index contributed by atoms with van der Waals surface area (Å²) in [6.45, 7) is 0.994. The zero-order valence-electron chi connectivity index (χ0n) is 17.6. The number of hydrogen-bond donors (Lipinski definition) is 2. The Morgan fingerprint density at radius 2 is 1.68 bits per heavy atom. The van der Waals surface area contributed by atoms with Gasteiger partial charge >= 0.3 is 6.03 Å². The first-order valence-corrected chi connectivity index (χ1v) is 10.1. The molecule has 7 heteroatoms. The first-order valence-electron chi connectivity index (χ1n) is 10.1. The van der Waals surface area contributed by atoms with Crippen molar-refractivity contribution in [3.63, 3.8) is 0 Å². The highest BCUT2D eigenvalue weighted by Crippen LogP contribution is 2.33. The zero-order valence-corrected chi connectivity index (χ0v) is 17.6. The van der Waals surface area contributed by atoms with Crippen LogP contribution in [0.25, 0.3) is 10.8 Å². The number of nitrogens with one attached hydrogen (secondary N) is 2. The molecular formula is C24H25N3O4. The van der Waals surface area contributed by atoms with Crippen LogP contribution in [0.4, 0.5) is 10.5 Å². The molecule has 1 aliphatic rings. The fourth-order valence-electron chi connectivity index (χ4n) is 3.86. The van der Waals surface area contributed by atoms with E-state index in [1.807, 2.05) is 54.6 Å². The van der Waals surface area contributed by atoms with E-state index >= 15 is 0 Å². The first kappa shape index (κ1) is 20.5. The molecule has 3 amide bonds. The van der Waals surface area contributed by atoms with Crippen LogP contribution in [0, 0.1) is 0 Å². The molecule has 3 aromatic carbocycles. The Bertz CT molecular complexity index is 1120. The maximum absolute atomic E-state index is 12.7. The van der Waals surface area contributed by atoms with E-state index in [0.29, 0.717) is 30.3 Å². The quantitative estimate of drug-likeness (QED) is 0.663. The molecule has 0 spiro atoms. The lowest BCUT2D eigenvalue weighted by Crippen LogP contribution is -2.43. The summed E-state index contributed by atoms with van der Waals surface area (Å²) in [5.74, 6) is 1.20. The van der Waals surface area contributed by atoms with Crippen molar-refractivity contribution >= 4 is 28.4 Å². The van der Waals surface area contributed by atoms with E-state index in [1.54, 1.807) is 19.1 Å². The summed E-state index contributed by atoms with van der Waals surface area (Å²) in [6.07, 6.45) is 0.726. The number of anilines is 1. The second kappa shape index (κ2) is 8.95. The van der Waals surface area contributed by atoms with Gasteiger partial charge < -0.3 is 25.0 Å². The molecule has 0 fully saturated rings. The van der Waals surface area contributed by atoms with Crippen molar-refractivity contribution in [3.05, 3.63) is 65.7 Å². The Labute approximate surface area is 180 Å². The minimum absolute atomic E-state index is 0.0702. The third-order valence-corrected chi connectivity index (χ3v) is 5.51. The Morgan fingerprint density at radius 3 is 2.45 bits per heavy atom. The number of ether oxygens (including phenoxy) is 2. The molecule has 0 unspecified atom stereocenters. The lowest BCUT2D eigenvalue weighted by Gasteiger charge is -2.29. The van der Waals surface area contributed by atoms with Gasteiger partial charge in [0.1, 0.15) is 0 Å². The van der Waals surface area contributed by atoms with Crippen LogP contribution in [-0.2, 0) is 17.8 Å². The van der Waals surface area contributed by atoms with E-state index in [2.05, 4.69) is 10.6 Å². The number of carbonyl (C=O) groups is 2. The number of fused-ring (bicyclic) bond motifs is 2. The van der Waals surface area contributed by atoms with Gasteiger partial charge in [-0.05, 0) is 41.1 Å². The highest BCUT2D eigenvalue weighted by atomic mass is 16.5. The molecule has 2 N–H and O–H groups in total. The summed E-state index contributed by atoms with van der Waals surface area (Å²) < 4.78 is 10.7. The lowest BCUT2D eigenvalue weighted by atomic mass is 9.98. The molecule has 0 radical (unpaired) electrons. The molecule has 4 rings (SSSR count). The monoisotopic (exact) mass is 419 g/mol. The van der Waals surface area contributed by atoms with Crippen LogP contribution in [-0.4, -0.2) is 44.1 Å². The second-order valence-electron chi connectivity index (χ2n) is 7.38. The molecule has 0 aromatic heterocycles. The molecule has 1 aliphatic heterocycles. The van der Waals surface area contributed by atoms with Crippen molar-refractivity contribution in [1.29, 1.82) is 0 Å². The van der Waals surface area contributed by atoms with Gasteiger partial charge in [0, 0.05) is 18.5 Å². The van der Waals surface area contributed by atoms with Crippen LogP contribution in [0.3, 0.4) is 0 Å². The SMILES string of the molecule is COc1cc2c(cc1OC)CN(C(=O)CNC(=O)Nc1cccc3ccccc13)CC2. The summed E-state index contributed by atoms with van der Waals surface area (Å²) in [7, 11) is 3.20. The van der Waals surface area contributed by atoms with Crippen molar-refractivity contribution in [1.82, 2.24) is 10.2 Å². The predicted octanol–water partition coefficient (Wildman–Crippen LogP) is 3.56. The Kier molecular flexibility index (Phi) is 5.93. The van der Waals surface area contributed by atoms with Crippen molar-refractivity contribution in [2.75, 3.05) is 32.6 Å². The smallest absolute Gasteiger partial charge is 0.319 e. The molecule has 3 aromatic rings. The molecule has 31 heavy (non-hydrogen) atoms. The summed E-state index contributed by atoms with van der Waals surface area (Å²) >= 11 is 0. The van der Waals surface area contributed by atoms with Crippen molar-refractivity contribution in [2.45, 2.75) is 13.0 Å². The van der Waals surface area contributed by atoms with Crippen molar-refractivity contribution < 1.29 is 19.1 Å². The third-order valence-electron chi connectivity index (χ3n) is 5.51. The highest BCUT2D eigenvalue weighted by Gasteiger charge is 2.23. The molecule has 0 atom stereocenters. The Hall–Kier alpha value is -3.74. The molecule has 0 bridgehead atoms. The minimum Gasteiger partial charge on any atom is -0.493 e. The number of hydrogen-bond acceptors (Lipinski definition) is 4. The van der Waals surface area contributed by atoms with Gasteiger partial charge in [0.15, 0.2) is 11.5 Å². The van der Waals surface area contributed by atoms with Crippen LogP contribution in [0.2, 0.25) is 0 Å². The van der Waals surface area contributed by atoms with Gasteiger partial charge in [-0.2, -0.15) is 0 Å².